The second-order valence-electron chi connectivity index (χ2n) is 3.12. The Morgan fingerprint density at radius 2 is 2.21 bits per heavy atom. The molecule has 0 aliphatic rings. The lowest BCUT2D eigenvalue weighted by atomic mass is 10.2. The van der Waals surface area contributed by atoms with E-state index in [-0.39, 0.29) is 0 Å². The van der Waals surface area contributed by atoms with Gasteiger partial charge < -0.3 is 9.72 Å². The molecule has 14 heavy (non-hydrogen) atoms. The van der Waals surface area contributed by atoms with E-state index in [1.165, 1.54) is 5.39 Å². The van der Waals surface area contributed by atoms with E-state index < -0.39 is 0 Å². The number of aromatic nitrogens is 1. The molecule has 0 spiro atoms. The van der Waals surface area contributed by atoms with Crippen LogP contribution in [0.2, 0.25) is 0 Å². The maximum Gasteiger partial charge on any atom is 0.120 e. The van der Waals surface area contributed by atoms with Crippen LogP contribution in [-0.4, -0.2) is 17.5 Å². The van der Waals surface area contributed by atoms with Gasteiger partial charge in [0.15, 0.2) is 0 Å². The van der Waals surface area contributed by atoms with Crippen molar-refractivity contribution in [2.24, 2.45) is 0 Å². The quantitative estimate of drug-likeness (QED) is 0.607. The number of hydrogen-bond acceptors (Lipinski definition) is 1. The Morgan fingerprint density at radius 3 is 3.07 bits per heavy atom. The van der Waals surface area contributed by atoms with Gasteiger partial charge in [0.2, 0.25) is 0 Å². The lowest BCUT2D eigenvalue weighted by Crippen LogP contribution is -1.97. The Balaban J connectivity index is 2.10. The fraction of sp³-hybridized carbons (Fsp3) is 0.273. The van der Waals surface area contributed by atoms with Crippen LogP contribution in [0, 0.1) is 0 Å². The summed E-state index contributed by atoms with van der Waals surface area (Å²) in [5, 5.41) is 1.17. The van der Waals surface area contributed by atoms with Crippen molar-refractivity contribution in [2.75, 3.05) is 12.5 Å². The summed E-state index contributed by atoms with van der Waals surface area (Å²) in [6.07, 6.45) is 2.81. The molecule has 0 amide bonds. The van der Waals surface area contributed by atoms with E-state index in [1.807, 2.05) is 30.5 Å². The van der Waals surface area contributed by atoms with Crippen molar-refractivity contribution in [2.45, 2.75) is 6.42 Å². The maximum absolute atomic E-state index is 5.56. The molecule has 0 aliphatic heterocycles. The summed E-state index contributed by atoms with van der Waals surface area (Å²) in [5.74, 6) is 1.55. The molecule has 2 nitrogen and oxygen atoms in total. The molecule has 0 aliphatic carbocycles. The lowest BCUT2D eigenvalue weighted by molar-refractivity contribution is 0.319. The van der Waals surface area contributed by atoms with E-state index in [0.717, 1.165) is 17.7 Å². The van der Waals surface area contributed by atoms with Crippen LogP contribution >= 0.6 is 11.6 Å². The van der Waals surface area contributed by atoms with Crippen LogP contribution in [0.5, 0.6) is 5.75 Å². The van der Waals surface area contributed by atoms with Gasteiger partial charge in [0.1, 0.15) is 5.75 Å². The van der Waals surface area contributed by atoms with E-state index in [9.17, 15) is 0 Å². The largest absolute Gasteiger partial charge is 0.494 e. The third-order valence-electron chi connectivity index (χ3n) is 2.07. The first-order valence-corrected chi connectivity index (χ1v) is 5.19. The van der Waals surface area contributed by atoms with E-state index in [0.29, 0.717) is 12.5 Å². The van der Waals surface area contributed by atoms with Crippen molar-refractivity contribution in [3.8, 4) is 5.75 Å². The van der Waals surface area contributed by atoms with Crippen LogP contribution in [0.25, 0.3) is 10.9 Å². The fourth-order valence-electron chi connectivity index (χ4n) is 1.37. The molecule has 2 aromatic rings. The number of hydrogen-bond donors (Lipinski definition) is 1. The van der Waals surface area contributed by atoms with Crippen molar-refractivity contribution in [3.63, 3.8) is 0 Å². The number of benzene rings is 1. The molecule has 0 fully saturated rings. The summed E-state index contributed by atoms with van der Waals surface area (Å²) in [6, 6.07) is 8.04. The molecule has 0 bridgehead atoms. The Kier molecular flexibility index (Phi) is 2.94. The Morgan fingerprint density at radius 1 is 1.29 bits per heavy atom. The number of fused-ring (bicyclic) bond motifs is 1. The van der Waals surface area contributed by atoms with Gasteiger partial charge >= 0.3 is 0 Å². The summed E-state index contributed by atoms with van der Waals surface area (Å²) in [5.41, 5.74) is 1.13. The summed E-state index contributed by atoms with van der Waals surface area (Å²) in [7, 11) is 0. The summed E-state index contributed by atoms with van der Waals surface area (Å²) in [6.45, 7) is 0.680. The Hall–Kier alpha value is -1.15. The first-order chi connectivity index (χ1) is 6.90. The molecule has 0 radical (unpaired) electrons. The molecule has 0 saturated heterocycles. The third-order valence-corrected chi connectivity index (χ3v) is 2.34. The Labute approximate surface area is 87.8 Å². The third kappa shape index (κ3) is 2.02. The van der Waals surface area contributed by atoms with Crippen LogP contribution in [-0.2, 0) is 0 Å². The maximum atomic E-state index is 5.56. The molecular weight excluding hydrogens is 198 g/mol. The second-order valence-corrected chi connectivity index (χ2v) is 3.50. The van der Waals surface area contributed by atoms with Crippen LogP contribution in [0.15, 0.2) is 30.5 Å². The van der Waals surface area contributed by atoms with Gasteiger partial charge in [0.25, 0.3) is 0 Å². The van der Waals surface area contributed by atoms with Crippen LogP contribution in [0.4, 0.5) is 0 Å². The van der Waals surface area contributed by atoms with Gasteiger partial charge in [-0.05, 0) is 30.7 Å². The molecule has 0 atom stereocenters. The summed E-state index contributed by atoms with van der Waals surface area (Å²) >= 11 is 5.56. The molecule has 1 heterocycles. The normalized spacial score (nSPS) is 10.6. The van der Waals surface area contributed by atoms with E-state index in [4.69, 9.17) is 16.3 Å². The molecule has 2 rings (SSSR count). The highest BCUT2D eigenvalue weighted by molar-refractivity contribution is 6.17. The molecule has 3 heteroatoms. The van der Waals surface area contributed by atoms with Crippen molar-refractivity contribution in [1.29, 1.82) is 0 Å². The highest BCUT2D eigenvalue weighted by atomic mass is 35.5. The van der Waals surface area contributed by atoms with Gasteiger partial charge in [0, 0.05) is 23.0 Å². The number of aromatic amines is 1. The minimum atomic E-state index is 0.645. The van der Waals surface area contributed by atoms with E-state index in [2.05, 4.69) is 4.98 Å². The number of H-pyrrole nitrogens is 1. The molecule has 0 saturated carbocycles. The average Bonchev–Trinajstić information content (AvgIpc) is 2.65. The monoisotopic (exact) mass is 209 g/mol. The summed E-state index contributed by atoms with van der Waals surface area (Å²) < 4.78 is 5.53. The first kappa shape index (κ1) is 9.41. The standard InChI is InChI=1S/C11H12ClNO/c12-5-1-7-14-10-2-3-11-9(8-10)4-6-13-11/h2-4,6,8,13H,1,5,7H2. The predicted molar refractivity (Wildman–Crippen MR) is 59.1 cm³/mol. The predicted octanol–water partition coefficient (Wildman–Crippen LogP) is 3.18. The van der Waals surface area contributed by atoms with Crippen molar-refractivity contribution in [1.82, 2.24) is 4.98 Å². The van der Waals surface area contributed by atoms with Crippen molar-refractivity contribution in [3.05, 3.63) is 30.5 Å². The number of nitrogens with one attached hydrogen (secondary N) is 1. The number of halogens is 1. The molecule has 1 aromatic carbocycles. The summed E-state index contributed by atoms with van der Waals surface area (Å²) in [4.78, 5) is 3.14. The van der Waals surface area contributed by atoms with E-state index >= 15 is 0 Å². The Bertz CT molecular complexity index is 410. The molecule has 1 aromatic heterocycles. The van der Waals surface area contributed by atoms with E-state index in [1.54, 1.807) is 0 Å². The molecular formula is C11H12ClNO. The second kappa shape index (κ2) is 4.38. The smallest absolute Gasteiger partial charge is 0.120 e. The first-order valence-electron chi connectivity index (χ1n) is 4.66. The lowest BCUT2D eigenvalue weighted by Gasteiger charge is -2.04. The number of alkyl halides is 1. The minimum Gasteiger partial charge on any atom is -0.494 e. The van der Waals surface area contributed by atoms with Gasteiger partial charge in [-0.3, -0.25) is 0 Å². The average molecular weight is 210 g/mol. The highest BCUT2D eigenvalue weighted by Gasteiger charge is 1.97. The molecule has 0 unspecified atom stereocenters. The van der Waals surface area contributed by atoms with Crippen LogP contribution in [0.3, 0.4) is 0 Å². The van der Waals surface area contributed by atoms with Gasteiger partial charge in [-0.25, -0.2) is 0 Å². The molecule has 74 valence electrons. The van der Waals surface area contributed by atoms with Crippen LogP contribution < -0.4 is 4.74 Å². The zero-order valence-electron chi connectivity index (χ0n) is 7.79. The van der Waals surface area contributed by atoms with Crippen LogP contribution in [0.1, 0.15) is 6.42 Å². The highest BCUT2D eigenvalue weighted by Crippen LogP contribution is 2.19. The fourth-order valence-corrected chi connectivity index (χ4v) is 1.47. The minimum absolute atomic E-state index is 0.645. The van der Waals surface area contributed by atoms with Crippen molar-refractivity contribution >= 4 is 22.5 Å². The van der Waals surface area contributed by atoms with Gasteiger partial charge in [0.05, 0.1) is 6.61 Å². The van der Waals surface area contributed by atoms with Gasteiger partial charge in [-0.15, -0.1) is 11.6 Å². The topological polar surface area (TPSA) is 25.0 Å². The number of rotatable bonds is 4. The van der Waals surface area contributed by atoms with Gasteiger partial charge in [-0.2, -0.15) is 0 Å². The zero-order valence-corrected chi connectivity index (χ0v) is 8.55. The van der Waals surface area contributed by atoms with Gasteiger partial charge in [-0.1, -0.05) is 0 Å². The van der Waals surface area contributed by atoms with Crippen molar-refractivity contribution < 1.29 is 4.74 Å². The SMILES string of the molecule is ClCCCOc1ccc2[nH]ccc2c1. The number of ether oxygens (including phenoxy) is 1. The zero-order chi connectivity index (χ0) is 9.80. The molecule has 1 N–H and O–H groups in total.